The number of carboxylic acids is 1. The molecule has 7 nitrogen and oxygen atoms in total. The van der Waals surface area contributed by atoms with Gasteiger partial charge in [-0.3, -0.25) is 0 Å². The maximum Gasteiger partial charge on any atom is 0.335 e. The van der Waals surface area contributed by atoms with Gasteiger partial charge in [-0.05, 0) is 68.0 Å². The van der Waals surface area contributed by atoms with Crippen LogP contribution in [0.2, 0.25) is 10.0 Å². The number of ether oxygens (including phenoxy) is 1. The molecular formula is C29H30Cl2FN3O4S. The summed E-state index contributed by atoms with van der Waals surface area (Å²) in [6.07, 6.45) is 6.90. The molecule has 1 aromatic heterocycles. The minimum atomic E-state index is -1.14. The zero-order chi connectivity index (χ0) is 28.2. The van der Waals surface area contributed by atoms with Gasteiger partial charge in [-0.2, -0.15) is 0 Å². The first-order valence-electron chi connectivity index (χ1n) is 13.3. The van der Waals surface area contributed by atoms with Crippen molar-refractivity contribution in [1.82, 2.24) is 10.2 Å². The maximum absolute atomic E-state index is 15.1. The summed E-state index contributed by atoms with van der Waals surface area (Å²) < 4.78 is 27.2. The number of carbonyl (C=O) groups is 1. The Morgan fingerprint density at radius 1 is 1.30 bits per heavy atom. The molecule has 1 saturated heterocycles. The SMILES string of the molecule is CSc1cc(C(=O)O)cc(F)c1N(C)N1CCC2(CC(OCc3c(-c4c(Cl)cccc4Cl)noc3C3CC3)C2)C1. The molecule has 2 aromatic carbocycles. The van der Waals surface area contributed by atoms with E-state index in [4.69, 9.17) is 32.5 Å². The molecule has 3 aliphatic rings. The van der Waals surface area contributed by atoms with Gasteiger partial charge in [-0.25, -0.2) is 14.2 Å². The molecule has 0 unspecified atom stereocenters. The number of hydrazine groups is 1. The summed E-state index contributed by atoms with van der Waals surface area (Å²) in [6, 6.07) is 8.03. The molecule has 212 valence electrons. The van der Waals surface area contributed by atoms with Gasteiger partial charge < -0.3 is 19.4 Å². The molecule has 11 heteroatoms. The molecule has 3 fully saturated rings. The Morgan fingerprint density at radius 2 is 2.02 bits per heavy atom. The Balaban J connectivity index is 1.12. The van der Waals surface area contributed by atoms with Gasteiger partial charge >= 0.3 is 5.97 Å². The summed E-state index contributed by atoms with van der Waals surface area (Å²) in [5.41, 5.74) is 2.73. The standard InChI is InChI=1S/C29H30Cl2FN3O4S/c1-34(26-22(32)10-17(28(36)37)11-23(26)40-2)35-9-8-29(15-35)12-18(13-29)38-14-19-25(33-39-27(19)16-6-7-16)24-20(30)4-3-5-21(24)31/h3-5,10-11,16,18H,6-9,12-15H2,1-2H3,(H,36,37). The van der Waals surface area contributed by atoms with E-state index in [1.54, 1.807) is 12.1 Å². The Hall–Kier alpha value is -2.30. The van der Waals surface area contributed by atoms with Crippen LogP contribution < -0.4 is 5.01 Å². The number of benzene rings is 2. The number of aromatic nitrogens is 1. The van der Waals surface area contributed by atoms with E-state index < -0.39 is 11.8 Å². The van der Waals surface area contributed by atoms with Crippen LogP contribution in [0, 0.1) is 11.2 Å². The number of hydrogen-bond donors (Lipinski definition) is 1. The Kier molecular flexibility index (Phi) is 7.54. The lowest BCUT2D eigenvalue weighted by Gasteiger charge is -2.45. The van der Waals surface area contributed by atoms with Gasteiger partial charge in [-0.1, -0.05) is 34.4 Å². The van der Waals surface area contributed by atoms with Gasteiger partial charge in [0.1, 0.15) is 23.0 Å². The highest BCUT2D eigenvalue weighted by Crippen LogP contribution is 2.51. The molecule has 0 radical (unpaired) electrons. The highest BCUT2D eigenvalue weighted by Gasteiger charge is 2.50. The molecule has 3 aromatic rings. The van der Waals surface area contributed by atoms with Crippen molar-refractivity contribution in [2.24, 2.45) is 5.41 Å². The van der Waals surface area contributed by atoms with Crippen LogP contribution in [0.25, 0.3) is 11.3 Å². The summed E-state index contributed by atoms with van der Waals surface area (Å²) in [5, 5.41) is 18.7. The van der Waals surface area contributed by atoms with E-state index in [1.807, 2.05) is 24.4 Å². The number of rotatable bonds is 9. The fourth-order valence-electron chi connectivity index (χ4n) is 6.08. The molecule has 2 aliphatic carbocycles. The third-order valence-electron chi connectivity index (χ3n) is 8.41. The van der Waals surface area contributed by atoms with Crippen molar-refractivity contribution in [3.8, 4) is 11.3 Å². The van der Waals surface area contributed by atoms with Gasteiger partial charge in [0.2, 0.25) is 0 Å². The van der Waals surface area contributed by atoms with Gasteiger partial charge in [0.25, 0.3) is 0 Å². The number of thioether (sulfide) groups is 1. The van der Waals surface area contributed by atoms with Gasteiger partial charge in [0, 0.05) is 42.1 Å². The smallest absolute Gasteiger partial charge is 0.335 e. The van der Waals surface area contributed by atoms with Gasteiger partial charge in [0.15, 0.2) is 0 Å². The van der Waals surface area contributed by atoms with Crippen LogP contribution >= 0.6 is 35.0 Å². The number of nitrogens with zero attached hydrogens (tertiary/aromatic N) is 3. The van der Waals surface area contributed by atoms with Crippen molar-refractivity contribution >= 4 is 46.6 Å². The van der Waals surface area contributed by atoms with E-state index in [-0.39, 0.29) is 17.1 Å². The van der Waals surface area contributed by atoms with E-state index in [0.717, 1.165) is 62.6 Å². The maximum atomic E-state index is 15.1. The molecule has 0 amide bonds. The predicted molar refractivity (Wildman–Crippen MR) is 154 cm³/mol. The minimum Gasteiger partial charge on any atom is -0.478 e. The predicted octanol–water partition coefficient (Wildman–Crippen LogP) is 7.51. The summed E-state index contributed by atoms with van der Waals surface area (Å²) in [7, 11) is 1.84. The fraction of sp³-hybridized carbons (Fsp3) is 0.448. The van der Waals surface area contributed by atoms with Crippen LogP contribution in [0.3, 0.4) is 0 Å². The second-order valence-electron chi connectivity index (χ2n) is 11.1. The van der Waals surface area contributed by atoms with Crippen molar-refractivity contribution in [3.63, 3.8) is 0 Å². The highest BCUT2D eigenvalue weighted by molar-refractivity contribution is 7.98. The van der Waals surface area contributed by atoms with Crippen molar-refractivity contribution in [1.29, 1.82) is 0 Å². The summed E-state index contributed by atoms with van der Waals surface area (Å²) in [6.45, 7) is 1.97. The lowest BCUT2D eigenvalue weighted by Crippen LogP contribution is -2.47. The zero-order valence-corrected chi connectivity index (χ0v) is 24.6. The fourth-order valence-corrected chi connectivity index (χ4v) is 7.33. The largest absolute Gasteiger partial charge is 0.478 e. The highest BCUT2D eigenvalue weighted by atomic mass is 35.5. The molecule has 0 bridgehead atoms. The van der Waals surface area contributed by atoms with E-state index in [0.29, 0.717) is 44.4 Å². The normalized spacial score (nSPS) is 22.6. The molecule has 0 atom stereocenters. The molecule has 1 spiro atoms. The third kappa shape index (κ3) is 5.11. The quantitative estimate of drug-likeness (QED) is 0.251. The Bertz CT molecular complexity index is 1440. The van der Waals surface area contributed by atoms with Crippen LogP contribution in [0.15, 0.2) is 39.8 Å². The van der Waals surface area contributed by atoms with Crippen molar-refractivity contribution in [2.45, 2.75) is 55.6 Å². The van der Waals surface area contributed by atoms with E-state index in [1.165, 1.54) is 17.8 Å². The Labute approximate surface area is 246 Å². The van der Waals surface area contributed by atoms with Crippen molar-refractivity contribution in [3.05, 3.63) is 63.1 Å². The molecule has 1 N–H and O–H groups in total. The second kappa shape index (κ2) is 10.8. The monoisotopic (exact) mass is 605 g/mol. The van der Waals surface area contributed by atoms with Crippen molar-refractivity contribution < 1.29 is 23.6 Å². The molecule has 6 rings (SSSR count). The van der Waals surface area contributed by atoms with Crippen LogP contribution in [-0.2, 0) is 11.3 Å². The third-order valence-corrected chi connectivity index (χ3v) is 9.79. The topological polar surface area (TPSA) is 79.0 Å². The van der Waals surface area contributed by atoms with Crippen LogP contribution in [0.5, 0.6) is 0 Å². The summed E-state index contributed by atoms with van der Waals surface area (Å²) in [5.74, 6) is -0.433. The molecule has 2 saturated carbocycles. The number of hydrogen-bond acceptors (Lipinski definition) is 7. The van der Waals surface area contributed by atoms with E-state index >= 15 is 4.39 Å². The number of carboxylic acid groups (broad SMARTS) is 1. The minimum absolute atomic E-state index is 0.0477. The lowest BCUT2D eigenvalue weighted by atomic mass is 9.66. The number of anilines is 1. The average molecular weight is 607 g/mol. The van der Waals surface area contributed by atoms with E-state index in [2.05, 4.69) is 10.2 Å². The van der Waals surface area contributed by atoms with Crippen LogP contribution in [-0.4, -0.2) is 53.7 Å². The average Bonchev–Trinajstić information content (AvgIpc) is 3.51. The zero-order valence-electron chi connectivity index (χ0n) is 22.3. The van der Waals surface area contributed by atoms with Gasteiger partial charge in [0.05, 0.1) is 28.3 Å². The first-order valence-corrected chi connectivity index (χ1v) is 15.3. The number of halogens is 3. The first-order chi connectivity index (χ1) is 19.2. The lowest BCUT2D eigenvalue weighted by molar-refractivity contribution is -0.0840. The van der Waals surface area contributed by atoms with E-state index in [9.17, 15) is 9.90 Å². The number of aromatic carboxylic acids is 1. The molecular weight excluding hydrogens is 576 g/mol. The van der Waals surface area contributed by atoms with Gasteiger partial charge in [-0.15, -0.1) is 11.8 Å². The first kappa shape index (κ1) is 27.8. The Morgan fingerprint density at radius 3 is 2.67 bits per heavy atom. The van der Waals surface area contributed by atoms with Crippen molar-refractivity contribution in [2.75, 3.05) is 31.4 Å². The second-order valence-corrected chi connectivity index (χ2v) is 12.7. The summed E-state index contributed by atoms with van der Waals surface area (Å²) >= 11 is 14.3. The molecule has 1 aliphatic heterocycles. The van der Waals surface area contributed by atoms with Crippen LogP contribution in [0.1, 0.15) is 59.7 Å². The summed E-state index contributed by atoms with van der Waals surface area (Å²) in [4.78, 5) is 12.0. The molecule has 40 heavy (non-hydrogen) atoms. The molecule has 2 heterocycles. The van der Waals surface area contributed by atoms with Crippen LogP contribution in [0.4, 0.5) is 10.1 Å².